The molecule has 0 bridgehead atoms. The molecular formula is C25H30N4O4S. The summed E-state index contributed by atoms with van der Waals surface area (Å²) in [6.45, 7) is 7.02. The van der Waals surface area contributed by atoms with E-state index in [1.807, 2.05) is 43.3 Å². The van der Waals surface area contributed by atoms with Crippen LogP contribution >= 0.6 is 0 Å². The maximum atomic E-state index is 12.1. The number of carbonyl (C=O) groups is 2. The molecule has 0 unspecified atom stereocenters. The minimum atomic E-state index is -3.21. The third-order valence-electron chi connectivity index (χ3n) is 5.85. The maximum absolute atomic E-state index is 12.1. The van der Waals surface area contributed by atoms with Crippen LogP contribution < -0.4 is 16.4 Å². The zero-order chi connectivity index (χ0) is 24.9. The summed E-state index contributed by atoms with van der Waals surface area (Å²) in [5.74, 6) is -0.769. The first-order valence-corrected chi connectivity index (χ1v) is 12.7. The van der Waals surface area contributed by atoms with Crippen LogP contribution in [0.2, 0.25) is 0 Å². The number of hydrogen-bond acceptors (Lipinski definition) is 5. The SMILES string of the molecule is C=CC(=O)NCc1cccc(-c2ccc(C(N)=O)c(NCC3=CCN(S(C)(=O)=O)CC3)c2C)c1. The van der Waals surface area contributed by atoms with Crippen molar-refractivity contribution in [3.05, 3.63) is 77.4 Å². The van der Waals surface area contributed by atoms with E-state index in [0.29, 0.717) is 43.9 Å². The number of hydrogen-bond donors (Lipinski definition) is 3. The summed E-state index contributed by atoms with van der Waals surface area (Å²) in [7, 11) is -3.21. The van der Waals surface area contributed by atoms with Crippen molar-refractivity contribution in [3.63, 3.8) is 0 Å². The van der Waals surface area contributed by atoms with Crippen LogP contribution in [0.5, 0.6) is 0 Å². The lowest BCUT2D eigenvalue weighted by molar-refractivity contribution is -0.116. The van der Waals surface area contributed by atoms with Gasteiger partial charge < -0.3 is 16.4 Å². The van der Waals surface area contributed by atoms with E-state index in [4.69, 9.17) is 5.73 Å². The third-order valence-corrected chi connectivity index (χ3v) is 7.12. The van der Waals surface area contributed by atoms with Crippen molar-refractivity contribution < 1.29 is 18.0 Å². The van der Waals surface area contributed by atoms with Gasteiger partial charge in [0.05, 0.1) is 17.5 Å². The van der Waals surface area contributed by atoms with Crippen LogP contribution in [0.3, 0.4) is 0 Å². The van der Waals surface area contributed by atoms with Gasteiger partial charge in [0.15, 0.2) is 0 Å². The molecule has 1 heterocycles. The van der Waals surface area contributed by atoms with Crippen LogP contribution in [0.4, 0.5) is 5.69 Å². The average Bonchev–Trinajstić information content (AvgIpc) is 2.81. The van der Waals surface area contributed by atoms with Crippen molar-refractivity contribution in [1.82, 2.24) is 9.62 Å². The van der Waals surface area contributed by atoms with Crippen molar-refractivity contribution in [2.45, 2.75) is 19.9 Å². The zero-order valence-electron chi connectivity index (χ0n) is 19.4. The fourth-order valence-electron chi connectivity index (χ4n) is 3.92. The number of nitrogens with one attached hydrogen (secondary N) is 2. The summed E-state index contributed by atoms with van der Waals surface area (Å²) in [4.78, 5) is 23.6. The lowest BCUT2D eigenvalue weighted by Gasteiger charge is -2.25. The monoisotopic (exact) mass is 482 g/mol. The normalized spacial score (nSPS) is 14.2. The Kier molecular flexibility index (Phi) is 7.90. The fraction of sp³-hybridized carbons (Fsp3) is 0.280. The van der Waals surface area contributed by atoms with E-state index < -0.39 is 15.9 Å². The Morgan fingerprint density at radius 2 is 1.97 bits per heavy atom. The Bertz CT molecular complexity index is 1250. The molecule has 0 fully saturated rings. The molecule has 34 heavy (non-hydrogen) atoms. The highest BCUT2D eigenvalue weighted by atomic mass is 32.2. The van der Waals surface area contributed by atoms with Crippen LogP contribution in [0.25, 0.3) is 11.1 Å². The summed E-state index contributed by atoms with van der Waals surface area (Å²) >= 11 is 0. The van der Waals surface area contributed by atoms with Gasteiger partial charge in [-0.3, -0.25) is 9.59 Å². The van der Waals surface area contributed by atoms with Crippen LogP contribution in [0, 0.1) is 6.92 Å². The van der Waals surface area contributed by atoms with Crippen LogP contribution in [0.15, 0.2) is 60.7 Å². The van der Waals surface area contributed by atoms with E-state index in [0.717, 1.165) is 27.8 Å². The fourth-order valence-corrected chi connectivity index (χ4v) is 4.69. The van der Waals surface area contributed by atoms with Gasteiger partial charge in [-0.2, -0.15) is 4.31 Å². The van der Waals surface area contributed by atoms with Gasteiger partial charge in [0.1, 0.15) is 0 Å². The standard InChI is InChI=1S/C25H30N4O4S/c1-4-23(30)27-16-19-6-5-7-20(14-19)21-8-9-22(25(26)31)24(17(21)2)28-15-18-10-12-29(13-11-18)34(3,32)33/h4-10,14,28H,1,11-13,15-16H2,2-3H3,(H2,26,31)(H,27,30). The van der Waals surface area contributed by atoms with Gasteiger partial charge in [0.2, 0.25) is 15.9 Å². The van der Waals surface area contributed by atoms with E-state index in [1.54, 1.807) is 6.07 Å². The number of amides is 2. The Morgan fingerprint density at radius 3 is 2.59 bits per heavy atom. The Morgan fingerprint density at radius 1 is 1.21 bits per heavy atom. The highest BCUT2D eigenvalue weighted by Gasteiger charge is 2.20. The van der Waals surface area contributed by atoms with Gasteiger partial charge in [0, 0.05) is 26.2 Å². The van der Waals surface area contributed by atoms with Crippen molar-refractivity contribution in [3.8, 4) is 11.1 Å². The van der Waals surface area contributed by atoms with E-state index >= 15 is 0 Å². The quantitative estimate of drug-likeness (QED) is 0.375. The lowest BCUT2D eigenvalue weighted by Crippen LogP contribution is -2.34. The van der Waals surface area contributed by atoms with Crippen LogP contribution in [0.1, 0.15) is 27.9 Å². The molecule has 0 spiro atoms. The van der Waals surface area contributed by atoms with E-state index in [9.17, 15) is 18.0 Å². The summed E-state index contributed by atoms with van der Waals surface area (Å²) in [5, 5.41) is 6.12. The second-order valence-electron chi connectivity index (χ2n) is 8.23. The molecule has 9 heteroatoms. The topological polar surface area (TPSA) is 122 Å². The molecule has 0 radical (unpaired) electrons. The summed E-state index contributed by atoms with van der Waals surface area (Å²) in [6.07, 6.45) is 4.96. The second-order valence-corrected chi connectivity index (χ2v) is 10.2. The van der Waals surface area contributed by atoms with Gasteiger partial charge in [-0.15, -0.1) is 0 Å². The van der Waals surface area contributed by atoms with Crippen molar-refractivity contribution >= 4 is 27.5 Å². The number of anilines is 1. The molecule has 1 aliphatic rings. The number of benzene rings is 2. The molecule has 0 saturated heterocycles. The summed E-state index contributed by atoms with van der Waals surface area (Å²) < 4.78 is 24.9. The minimum absolute atomic E-state index is 0.240. The molecule has 3 rings (SSSR count). The molecule has 2 aromatic carbocycles. The molecule has 0 aromatic heterocycles. The highest BCUT2D eigenvalue weighted by Crippen LogP contribution is 2.32. The number of nitrogens with two attached hydrogens (primary N) is 1. The first-order chi connectivity index (χ1) is 16.1. The smallest absolute Gasteiger partial charge is 0.250 e. The van der Waals surface area contributed by atoms with Gasteiger partial charge in [-0.05, 0) is 53.8 Å². The van der Waals surface area contributed by atoms with Crippen molar-refractivity contribution in [2.75, 3.05) is 31.2 Å². The van der Waals surface area contributed by atoms with Gasteiger partial charge >= 0.3 is 0 Å². The van der Waals surface area contributed by atoms with Crippen molar-refractivity contribution in [1.29, 1.82) is 0 Å². The van der Waals surface area contributed by atoms with Gasteiger partial charge in [0.25, 0.3) is 5.91 Å². The van der Waals surface area contributed by atoms with Gasteiger partial charge in [-0.25, -0.2) is 8.42 Å². The van der Waals surface area contributed by atoms with Crippen LogP contribution in [-0.4, -0.2) is 50.4 Å². The molecule has 180 valence electrons. The second kappa shape index (κ2) is 10.7. The molecule has 0 saturated carbocycles. The first-order valence-electron chi connectivity index (χ1n) is 10.9. The minimum Gasteiger partial charge on any atom is -0.380 e. The van der Waals surface area contributed by atoms with E-state index in [2.05, 4.69) is 17.2 Å². The first kappa shape index (κ1) is 25.2. The molecule has 0 atom stereocenters. The predicted octanol–water partition coefficient (Wildman–Crippen LogP) is 2.57. The average molecular weight is 483 g/mol. The largest absolute Gasteiger partial charge is 0.380 e. The molecular weight excluding hydrogens is 452 g/mol. The van der Waals surface area contributed by atoms with Gasteiger partial charge in [-0.1, -0.05) is 42.5 Å². The molecule has 8 nitrogen and oxygen atoms in total. The Balaban J connectivity index is 1.85. The third kappa shape index (κ3) is 6.12. The maximum Gasteiger partial charge on any atom is 0.250 e. The van der Waals surface area contributed by atoms with Crippen LogP contribution in [-0.2, 0) is 21.4 Å². The Hall–Kier alpha value is -3.43. The van der Waals surface area contributed by atoms with Crippen molar-refractivity contribution in [2.24, 2.45) is 5.73 Å². The number of primary amides is 1. The predicted molar refractivity (Wildman–Crippen MR) is 135 cm³/mol. The summed E-state index contributed by atoms with van der Waals surface area (Å²) in [6, 6.07) is 11.4. The number of rotatable bonds is 9. The molecule has 2 amide bonds. The van der Waals surface area contributed by atoms with E-state index in [-0.39, 0.29) is 5.91 Å². The lowest BCUT2D eigenvalue weighted by atomic mass is 9.94. The molecule has 1 aliphatic heterocycles. The zero-order valence-corrected chi connectivity index (χ0v) is 20.2. The number of carbonyl (C=O) groups excluding carboxylic acids is 2. The summed E-state index contributed by atoms with van der Waals surface area (Å²) in [5.41, 5.74) is 11.4. The molecule has 4 N–H and O–H groups in total. The van der Waals surface area contributed by atoms with E-state index in [1.165, 1.54) is 16.6 Å². The Labute approximate surface area is 200 Å². The highest BCUT2D eigenvalue weighted by molar-refractivity contribution is 7.88. The molecule has 0 aliphatic carbocycles. The number of sulfonamides is 1. The number of nitrogens with zero attached hydrogens (tertiary/aromatic N) is 1. The molecule has 2 aromatic rings.